The van der Waals surface area contributed by atoms with Crippen molar-refractivity contribution in [2.45, 2.75) is 11.4 Å². The molecule has 4 rings (SSSR count). The Bertz CT molecular complexity index is 1220. The molecular formula is C17H18ClN5O2S2. The van der Waals surface area contributed by atoms with Gasteiger partial charge in [-0.2, -0.15) is 8.42 Å². The molecule has 0 unspecified atom stereocenters. The number of aromatic amines is 1. The van der Waals surface area contributed by atoms with Gasteiger partial charge in [0.2, 0.25) is 0 Å². The number of H-pyrrole nitrogens is 1. The molecule has 1 aromatic carbocycles. The zero-order chi connectivity index (χ0) is 19.2. The third kappa shape index (κ3) is 3.43. The van der Waals surface area contributed by atoms with E-state index in [1.54, 1.807) is 23.7 Å². The second-order valence-electron chi connectivity index (χ2n) is 6.50. The molecule has 0 radical (unpaired) electrons. The maximum Gasteiger partial charge on any atom is 0.279 e. The van der Waals surface area contributed by atoms with E-state index in [-0.39, 0.29) is 5.03 Å². The number of benzene rings is 1. The van der Waals surface area contributed by atoms with Crippen molar-refractivity contribution in [3.05, 3.63) is 46.7 Å². The molecule has 3 heterocycles. The first-order valence-electron chi connectivity index (χ1n) is 8.23. The van der Waals surface area contributed by atoms with Crippen LogP contribution in [-0.4, -0.2) is 48.3 Å². The Hall–Kier alpha value is -2.07. The van der Waals surface area contributed by atoms with Crippen molar-refractivity contribution in [2.75, 3.05) is 25.4 Å². The highest BCUT2D eigenvalue weighted by Crippen LogP contribution is 2.32. The Morgan fingerprint density at radius 2 is 2.19 bits per heavy atom. The summed E-state index contributed by atoms with van der Waals surface area (Å²) in [6.45, 7) is 0.891. The van der Waals surface area contributed by atoms with Gasteiger partial charge in [0, 0.05) is 35.2 Å². The number of anilines is 1. The van der Waals surface area contributed by atoms with Crippen LogP contribution in [0.2, 0.25) is 5.02 Å². The van der Waals surface area contributed by atoms with Crippen molar-refractivity contribution in [1.82, 2.24) is 19.3 Å². The monoisotopic (exact) mass is 423 g/mol. The Balaban J connectivity index is 1.71. The summed E-state index contributed by atoms with van der Waals surface area (Å²) >= 11 is 7.70. The maximum absolute atomic E-state index is 12.9. The third-order valence-electron chi connectivity index (χ3n) is 4.32. The van der Waals surface area contributed by atoms with Gasteiger partial charge in [0.15, 0.2) is 9.99 Å². The summed E-state index contributed by atoms with van der Waals surface area (Å²) in [5.41, 5.74) is 2.33. The number of imidazole rings is 1. The fraction of sp³-hybridized carbons (Fsp3) is 0.235. The number of likely N-dealkylation sites (N-methyl/N-ethyl adjacent to an activating group) is 1. The van der Waals surface area contributed by atoms with Crippen LogP contribution in [0.5, 0.6) is 0 Å². The highest BCUT2D eigenvalue weighted by molar-refractivity contribution is 7.92. The minimum atomic E-state index is -3.83. The van der Waals surface area contributed by atoms with Crippen molar-refractivity contribution in [3.8, 4) is 0 Å². The SMILES string of the molecule is CN(C)CCc1c[nH]c2cc(Cl)c(NS(=O)(=O)c3cnc4sccn34)cc12. The van der Waals surface area contributed by atoms with Crippen molar-refractivity contribution < 1.29 is 8.42 Å². The van der Waals surface area contributed by atoms with Crippen LogP contribution in [0.4, 0.5) is 5.69 Å². The molecule has 3 aromatic heterocycles. The zero-order valence-corrected chi connectivity index (χ0v) is 17.1. The number of sulfonamides is 1. The topological polar surface area (TPSA) is 82.5 Å². The molecule has 27 heavy (non-hydrogen) atoms. The van der Waals surface area contributed by atoms with Gasteiger partial charge in [-0.3, -0.25) is 9.12 Å². The summed E-state index contributed by atoms with van der Waals surface area (Å²) in [6.07, 6.45) is 5.81. The van der Waals surface area contributed by atoms with Crippen LogP contribution in [-0.2, 0) is 16.4 Å². The van der Waals surface area contributed by atoms with Crippen molar-refractivity contribution in [2.24, 2.45) is 0 Å². The smallest absolute Gasteiger partial charge is 0.279 e. The number of aromatic nitrogens is 3. The number of hydrogen-bond donors (Lipinski definition) is 2. The van der Waals surface area contributed by atoms with Gasteiger partial charge in [-0.1, -0.05) is 11.6 Å². The van der Waals surface area contributed by atoms with Crippen LogP contribution in [0.1, 0.15) is 5.56 Å². The van der Waals surface area contributed by atoms with Gasteiger partial charge in [-0.05, 0) is 38.2 Å². The predicted molar refractivity (Wildman–Crippen MR) is 109 cm³/mol. The molecule has 2 N–H and O–H groups in total. The molecule has 0 atom stereocenters. The molecule has 10 heteroatoms. The first-order valence-corrected chi connectivity index (χ1v) is 11.0. The quantitative estimate of drug-likeness (QED) is 0.497. The van der Waals surface area contributed by atoms with Gasteiger partial charge in [-0.15, -0.1) is 11.3 Å². The zero-order valence-electron chi connectivity index (χ0n) is 14.7. The second-order valence-corrected chi connectivity index (χ2v) is 9.41. The van der Waals surface area contributed by atoms with E-state index in [1.165, 1.54) is 21.9 Å². The van der Waals surface area contributed by atoms with Crippen LogP contribution >= 0.6 is 22.9 Å². The van der Waals surface area contributed by atoms with Crippen molar-refractivity contribution in [3.63, 3.8) is 0 Å². The van der Waals surface area contributed by atoms with E-state index in [2.05, 4.69) is 19.6 Å². The minimum absolute atomic E-state index is 0.0804. The largest absolute Gasteiger partial charge is 0.361 e. The normalized spacial score (nSPS) is 12.4. The fourth-order valence-electron chi connectivity index (χ4n) is 2.93. The number of nitrogens with zero attached hydrogens (tertiary/aromatic N) is 3. The molecule has 0 fully saturated rings. The minimum Gasteiger partial charge on any atom is -0.361 e. The summed E-state index contributed by atoms with van der Waals surface area (Å²) < 4.78 is 29.9. The lowest BCUT2D eigenvalue weighted by atomic mass is 10.1. The van der Waals surface area contributed by atoms with Gasteiger partial charge in [-0.25, -0.2) is 4.98 Å². The standard InChI is InChI=1S/C17H18ClN5O2S2/c1-22(2)4-3-11-9-19-14-8-13(18)15(7-12(11)14)21-27(24,25)16-10-20-17-23(16)5-6-26-17/h5-10,19,21H,3-4H2,1-2H3. The van der Waals surface area contributed by atoms with E-state index in [9.17, 15) is 8.42 Å². The number of fused-ring (bicyclic) bond motifs is 2. The number of nitrogens with one attached hydrogen (secondary N) is 2. The number of hydrogen-bond acceptors (Lipinski definition) is 5. The summed E-state index contributed by atoms with van der Waals surface area (Å²) in [4.78, 5) is 10.0. The molecule has 4 aromatic rings. The molecule has 0 aliphatic rings. The fourth-order valence-corrected chi connectivity index (χ4v) is 5.11. The van der Waals surface area contributed by atoms with Crippen molar-refractivity contribution >= 4 is 54.5 Å². The van der Waals surface area contributed by atoms with E-state index in [0.29, 0.717) is 15.7 Å². The van der Waals surface area contributed by atoms with E-state index in [1.807, 2.05) is 20.3 Å². The molecule has 7 nitrogen and oxygen atoms in total. The van der Waals surface area contributed by atoms with E-state index < -0.39 is 10.0 Å². The van der Waals surface area contributed by atoms with Crippen LogP contribution in [0, 0.1) is 0 Å². The molecule has 0 saturated heterocycles. The Kier molecular flexibility index (Phi) is 4.63. The summed E-state index contributed by atoms with van der Waals surface area (Å²) in [5.74, 6) is 0. The lowest BCUT2D eigenvalue weighted by molar-refractivity contribution is 0.414. The number of halogens is 1. The first kappa shape index (κ1) is 18.3. The van der Waals surface area contributed by atoms with E-state index in [0.717, 1.165) is 29.4 Å². The van der Waals surface area contributed by atoms with Gasteiger partial charge in [0.05, 0.1) is 16.9 Å². The molecule has 0 bridgehead atoms. The summed E-state index contributed by atoms with van der Waals surface area (Å²) in [6, 6.07) is 3.52. The lowest BCUT2D eigenvalue weighted by Gasteiger charge is -2.11. The highest BCUT2D eigenvalue weighted by atomic mass is 35.5. The van der Waals surface area contributed by atoms with Gasteiger partial charge >= 0.3 is 0 Å². The third-order valence-corrected chi connectivity index (χ3v) is 6.74. The number of thiazole rings is 1. The van der Waals surface area contributed by atoms with Gasteiger partial charge < -0.3 is 9.88 Å². The van der Waals surface area contributed by atoms with Crippen molar-refractivity contribution in [1.29, 1.82) is 0 Å². The molecule has 0 spiro atoms. The predicted octanol–water partition coefficient (Wildman–Crippen LogP) is 3.44. The maximum atomic E-state index is 12.9. The molecule has 0 aliphatic heterocycles. The van der Waals surface area contributed by atoms with E-state index in [4.69, 9.17) is 11.6 Å². The molecular weight excluding hydrogens is 406 g/mol. The molecule has 0 aliphatic carbocycles. The average Bonchev–Trinajstić information content (AvgIpc) is 3.28. The van der Waals surface area contributed by atoms with Crippen LogP contribution in [0.15, 0.2) is 41.1 Å². The Labute approximate surface area is 165 Å². The van der Waals surface area contributed by atoms with E-state index >= 15 is 0 Å². The second kappa shape index (κ2) is 6.83. The molecule has 0 saturated carbocycles. The van der Waals surface area contributed by atoms with Crippen LogP contribution < -0.4 is 4.72 Å². The Morgan fingerprint density at radius 3 is 2.96 bits per heavy atom. The highest BCUT2D eigenvalue weighted by Gasteiger charge is 2.21. The first-order chi connectivity index (χ1) is 12.8. The lowest BCUT2D eigenvalue weighted by Crippen LogP contribution is -2.15. The molecule has 0 amide bonds. The van der Waals surface area contributed by atoms with Gasteiger partial charge in [0.25, 0.3) is 10.0 Å². The van der Waals surface area contributed by atoms with Crippen LogP contribution in [0.3, 0.4) is 0 Å². The Morgan fingerprint density at radius 1 is 1.37 bits per heavy atom. The summed E-state index contributed by atoms with van der Waals surface area (Å²) in [5, 5.41) is 3.15. The number of rotatable bonds is 6. The average molecular weight is 424 g/mol. The summed E-state index contributed by atoms with van der Waals surface area (Å²) in [7, 11) is 0.207. The van der Waals surface area contributed by atoms with Gasteiger partial charge in [0.1, 0.15) is 0 Å². The van der Waals surface area contributed by atoms with Crippen LogP contribution in [0.25, 0.3) is 15.9 Å². The molecule has 142 valence electrons.